The summed E-state index contributed by atoms with van der Waals surface area (Å²) in [4.78, 5) is 11.9. The van der Waals surface area contributed by atoms with E-state index >= 15 is 0 Å². The van der Waals surface area contributed by atoms with Crippen molar-refractivity contribution in [3.63, 3.8) is 0 Å². The molecule has 0 aromatic heterocycles. The van der Waals surface area contributed by atoms with Gasteiger partial charge >= 0.3 is 0 Å². The second-order valence-electron chi connectivity index (χ2n) is 4.54. The highest BCUT2D eigenvalue weighted by Gasteiger charge is 2.32. The molecule has 0 aliphatic rings. The molecule has 96 valence electrons. The van der Waals surface area contributed by atoms with Crippen molar-refractivity contribution >= 4 is 5.91 Å². The maximum Gasteiger partial charge on any atom is 0.252 e. The molecular weight excluding hydrogens is 204 g/mol. The first-order valence-electron chi connectivity index (χ1n) is 5.99. The Morgan fingerprint density at radius 3 is 2.06 bits per heavy atom. The summed E-state index contributed by atoms with van der Waals surface area (Å²) >= 11 is 0. The zero-order chi connectivity index (χ0) is 12.8. The van der Waals surface area contributed by atoms with Crippen LogP contribution in [0.25, 0.3) is 0 Å². The maximum absolute atomic E-state index is 11.9. The molecule has 0 rings (SSSR count). The highest BCUT2D eigenvalue weighted by atomic mass is 16.5. The molecule has 0 aliphatic carbocycles. The number of nitrogens with two attached hydrogens (primary N) is 1. The minimum atomic E-state index is -0.748. The minimum absolute atomic E-state index is 0.0887. The Morgan fingerprint density at radius 2 is 1.75 bits per heavy atom. The number of nitrogens with one attached hydrogen (secondary N) is 1. The number of hydrogen-bond donors (Lipinski definition) is 2. The van der Waals surface area contributed by atoms with Crippen molar-refractivity contribution in [3.8, 4) is 0 Å². The molecule has 0 radical (unpaired) electrons. The Labute approximate surface area is 98.9 Å². The lowest BCUT2D eigenvalue weighted by atomic mass is 9.93. The van der Waals surface area contributed by atoms with Gasteiger partial charge in [-0.25, -0.2) is 0 Å². The summed E-state index contributed by atoms with van der Waals surface area (Å²) in [6.07, 6.45) is 2.34. The standard InChI is InChI=1S/C12H26N2O2/c1-6-11(4,16-5)10(15)14-9-12(13,7-2)8-3/h6-9,13H2,1-5H3,(H,14,15). The number of hydrogen-bond acceptors (Lipinski definition) is 3. The minimum Gasteiger partial charge on any atom is -0.369 e. The van der Waals surface area contributed by atoms with Crippen LogP contribution in [0.1, 0.15) is 47.0 Å². The van der Waals surface area contributed by atoms with E-state index in [0.29, 0.717) is 13.0 Å². The third-order valence-corrected chi connectivity index (χ3v) is 3.61. The zero-order valence-corrected chi connectivity index (χ0v) is 11.2. The Hall–Kier alpha value is -0.610. The molecule has 4 heteroatoms. The van der Waals surface area contributed by atoms with E-state index in [0.717, 1.165) is 12.8 Å². The summed E-state index contributed by atoms with van der Waals surface area (Å²) in [6, 6.07) is 0. The van der Waals surface area contributed by atoms with Gasteiger partial charge in [-0.1, -0.05) is 20.8 Å². The summed E-state index contributed by atoms with van der Waals surface area (Å²) in [5.41, 5.74) is 5.06. The van der Waals surface area contributed by atoms with E-state index in [2.05, 4.69) is 5.32 Å². The van der Waals surface area contributed by atoms with Gasteiger partial charge in [-0.05, 0) is 26.2 Å². The molecule has 0 spiro atoms. The van der Waals surface area contributed by atoms with Crippen molar-refractivity contribution in [2.75, 3.05) is 13.7 Å². The lowest BCUT2D eigenvalue weighted by molar-refractivity contribution is -0.142. The number of carbonyl (C=O) groups excluding carboxylic acids is 1. The van der Waals surface area contributed by atoms with Crippen molar-refractivity contribution in [2.24, 2.45) is 5.73 Å². The Balaban J connectivity index is 4.36. The van der Waals surface area contributed by atoms with Crippen LogP contribution in [0, 0.1) is 0 Å². The number of methoxy groups -OCH3 is 1. The summed E-state index contributed by atoms with van der Waals surface area (Å²) in [6.45, 7) is 8.28. The van der Waals surface area contributed by atoms with E-state index in [1.807, 2.05) is 20.8 Å². The smallest absolute Gasteiger partial charge is 0.252 e. The van der Waals surface area contributed by atoms with Crippen molar-refractivity contribution in [1.29, 1.82) is 0 Å². The largest absolute Gasteiger partial charge is 0.369 e. The summed E-state index contributed by atoms with van der Waals surface area (Å²) in [5, 5.41) is 2.88. The van der Waals surface area contributed by atoms with Crippen molar-refractivity contribution < 1.29 is 9.53 Å². The lowest BCUT2D eigenvalue weighted by Gasteiger charge is -2.30. The van der Waals surface area contributed by atoms with Crippen LogP contribution in [0.2, 0.25) is 0 Å². The van der Waals surface area contributed by atoms with Crippen LogP contribution < -0.4 is 11.1 Å². The molecule has 0 aromatic carbocycles. The van der Waals surface area contributed by atoms with Gasteiger partial charge in [0, 0.05) is 19.2 Å². The van der Waals surface area contributed by atoms with Gasteiger partial charge in [0.2, 0.25) is 0 Å². The van der Waals surface area contributed by atoms with Gasteiger partial charge < -0.3 is 15.8 Å². The fourth-order valence-electron chi connectivity index (χ4n) is 1.34. The normalized spacial score (nSPS) is 15.6. The topological polar surface area (TPSA) is 64.3 Å². The van der Waals surface area contributed by atoms with Gasteiger partial charge in [0.15, 0.2) is 0 Å². The van der Waals surface area contributed by atoms with Crippen LogP contribution in [0.15, 0.2) is 0 Å². The average molecular weight is 230 g/mol. The SMILES string of the molecule is CCC(N)(CC)CNC(=O)C(C)(CC)OC. The quantitative estimate of drug-likeness (QED) is 0.695. The molecule has 1 amide bonds. The Bertz CT molecular complexity index is 221. The first-order valence-corrected chi connectivity index (χ1v) is 5.99. The van der Waals surface area contributed by atoms with Gasteiger partial charge in [-0.15, -0.1) is 0 Å². The van der Waals surface area contributed by atoms with Crippen molar-refractivity contribution in [2.45, 2.75) is 58.1 Å². The van der Waals surface area contributed by atoms with Gasteiger partial charge in [0.1, 0.15) is 5.60 Å². The molecule has 3 N–H and O–H groups in total. The molecule has 0 saturated carbocycles. The van der Waals surface area contributed by atoms with Gasteiger partial charge in [0.05, 0.1) is 0 Å². The van der Waals surface area contributed by atoms with Crippen molar-refractivity contribution in [1.82, 2.24) is 5.32 Å². The summed E-state index contributed by atoms with van der Waals surface area (Å²) in [5.74, 6) is -0.0887. The summed E-state index contributed by atoms with van der Waals surface area (Å²) in [7, 11) is 1.55. The highest BCUT2D eigenvalue weighted by molar-refractivity contribution is 5.84. The lowest BCUT2D eigenvalue weighted by Crippen LogP contribution is -2.54. The molecule has 0 saturated heterocycles. The van der Waals surface area contributed by atoms with Crippen LogP contribution in [0.5, 0.6) is 0 Å². The number of amides is 1. The second-order valence-corrected chi connectivity index (χ2v) is 4.54. The molecular formula is C12H26N2O2. The number of rotatable bonds is 7. The zero-order valence-electron chi connectivity index (χ0n) is 11.2. The van der Waals surface area contributed by atoms with Crippen molar-refractivity contribution in [3.05, 3.63) is 0 Å². The number of carbonyl (C=O) groups is 1. The second kappa shape index (κ2) is 6.21. The molecule has 0 heterocycles. The highest BCUT2D eigenvalue weighted by Crippen LogP contribution is 2.15. The molecule has 4 nitrogen and oxygen atoms in total. The third kappa shape index (κ3) is 3.76. The maximum atomic E-state index is 11.9. The van der Waals surface area contributed by atoms with E-state index in [9.17, 15) is 4.79 Å². The molecule has 0 aliphatic heterocycles. The molecule has 1 atom stereocenters. The monoisotopic (exact) mass is 230 g/mol. The third-order valence-electron chi connectivity index (χ3n) is 3.61. The van der Waals surface area contributed by atoms with E-state index in [4.69, 9.17) is 10.5 Å². The van der Waals surface area contributed by atoms with E-state index < -0.39 is 5.60 Å². The van der Waals surface area contributed by atoms with Crippen LogP contribution in [-0.2, 0) is 9.53 Å². The molecule has 0 aromatic rings. The fourth-order valence-corrected chi connectivity index (χ4v) is 1.34. The van der Waals surface area contributed by atoms with Crippen LogP contribution in [-0.4, -0.2) is 30.7 Å². The van der Waals surface area contributed by atoms with E-state index in [1.165, 1.54) is 0 Å². The predicted molar refractivity (Wildman–Crippen MR) is 66.2 cm³/mol. The molecule has 16 heavy (non-hydrogen) atoms. The fraction of sp³-hybridized carbons (Fsp3) is 0.917. The van der Waals surface area contributed by atoms with Gasteiger partial charge in [-0.2, -0.15) is 0 Å². The van der Waals surface area contributed by atoms with Crippen LogP contribution in [0.4, 0.5) is 0 Å². The Kier molecular flexibility index (Phi) is 5.97. The van der Waals surface area contributed by atoms with E-state index in [-0.39, 0.29) is 11.4 Å². The Morgan fingerprint density at radius 1 is 1.25 bits per heavy atom. The molecule has 0 bridgehead atoms. The first kappa shape index (κ1) is 15.4. The first-order chi connectivity index (χ1) is 7.37. The van der Waals surface area contributed by atoms with Crippen LogP contribution >= 0.6 is 0 Å². The summed E-state index contributed by atoms with van der Waals surface area (Å²) < 4.78 is 5.23. The predicted octanol–water partition coefficient (Wildman–Crippen LogP) is 1.44. The average Bonchev–Trinajstić information content (AvgIpc) is 2.34. The molecule has 1 unspecified atom stereocenters. The number of ether oxygens (including phenoxy) is 1. The van der Waals surface area contributed by atoms with E-state index in [1.54, 1.807) is 14.0 Å². The molecule has 0 fully saturated rings. The van der Waals surface area contributed by atoms with Gasteiger partial charge in [-0.3, -0.25) is 4.79 Å². The van der Waals surface area contributed by atoms with Crippen LogP contribution in [0.3, 0.4) is 0 Å². The van der Waals surface area contributed by atoms with Gasteiger partial charge in [0.25, 0.3) is 5.91 Å².